The maximum atomic E-state index is 12.8. The number of hydrogen-bond donors (Lipinski definition) is 1. The van der Waals surface area contributed by atoms with Gasteiger partial charge in [0, 0.05) is 37.5 Å². The van der Waals surface area contributed by atoms with Gasteiger partial charge in [-0.25, -0.2) is 4.98 Å². The van der Waals surface area contributed by atoms with E-state index >= 15 is 0 Å². The minimum atomic E-state index is -0.327. The smallest absolute Gasteiger partial charge is 0.275 e. The van der Waals surface area contributed by atoms with E-state index < -0.39 is 0 Å². The van der Waals surface area contributed by atoms with Gasteiger partial charge < -0.3 is 19.2 Å². The minimum absolute atomic E-state index is 0.195. The molecule has 4 rings (SSSR count). The van der Waals surface area contributed by atoms with Gasteiger partial charge in [0.05, 0.1) is 12.1 Å². The van der Waals surface area contributed by atoms with Crippen LogP contribution in [0.15, 0.2) is 49.1 Å². The van der Waals surface area contributed by atoms with Crippen molar-refractivity contribution in [1.82, 2.24) is 29.3 Å². The Morgan fingerprint density at radius 3 is 2.93 bits per heavy atom. The van der Waals surface area contributed by atoms with E-state index in [2.05, 4.69) is 25.5 Å². The van der Waals surface area contributed by atoms with Crippen LogP contribution in [0.25, 0.3) is 22.4 Å². The predicted molar refractivity (Wildman–Crippen MR) is 113 cm³/mol. The predicted octanol–water partition coefficient (Wildman–Crippen LogP) is 3.17. The van der Waals surface area contributed by atoms with E-state index in [0.29, 0.717) is 36.2 Å². The fourth-order valence-corrected chi connectivity index (χ4v) is 3.20. The summed E-state index contributed by atoms with van der Waals surface area (Å²) in [7, 11) is 1.66. The van der Waals surface area contributed by atoms with Gasteiger partial charge in [-0.1, -0.05) is 6.07 Å². The lowest BCUT2D eigenvalue weighted by molar-refractivity contribution is 0.102. The summed E-state index contributed by atoms with van der Waals surface area (Å²) in [5.41, 5.74) is 1.88. The molecule has 0 radical (unpaired) electrons. The van der Waals surface area contributed by atoms with Gasteiger partial charge >= 0.3 is 0 Å². The van der Waals surface area contributed by atoms with Crippen LogP contribution in [-0.4, -0.2) is 48.9 Å². The molecule has 4 heterocycles. The molecule has 0 atom stereocenters. The first kappa shape index (κ1) is 19.7. The van der Waals surface area contributed by atoms with Crippen LogP contribution in [0.5, 0.6) is 0 Å². The van der Waals surface area contributed by atoms with Crippen molar-refractivity contribution in [3.63, 3.8) is 0 Å². The highest BCUT2D eigenvalue weighted by atomic mass is 16.5. The molecule has 1 amide bonds. The Bertz CT molecular complexity index is 1180. The quantitative estimate of drug-likeness (QED) is 0.507. The standard InChI is InChI=1S/C21H23N7O2/c1-14(2)28-13-23-26-20(28)16-5-4-6-19(24-16)25-21(29)17-11-18-15(12-22-17)7-8-27(18)9-10-30-3/h4-8,11-14H,9-10H2,1-3H3,(H,24,25,29). The molecule has 30 heavy (non-hydrogen) atoms. The highest BCUT2D eigenvalue weighted by Crippen LogP contribution is 2.20. The molecule has 0 fully saturated rings. The lowest BCUT2D eigenvalue weighted by Crippen LogP contribution is -2.15. The molecule has 0 aliphatic rings. The Hall–Kier alpha value is -3.59. The first-order chi connectivity index (χ1) is 14.6. The van der Waals surface area contributed by atoms with Crippen LogP contribution in [-0.2, 0) is 11.3 Å². The first-order valence-electron chi connectivity index (χ1n) is 9.69. The summed E-state index contributed by atoms with van der Waals surface area (Å²) in [5, 5.41) is 11.9. The maximum Gasteiger partial charge on any atom is 0.275 e. The van der Waals surface area contributed by atoms with Gasteiger partial charge in [0.25, 0.3) is 5.91 Å². The molecule has 0 saturated heterocycles. The summed E-state index contributed by atoms with van der Waals surface area (Å²) in [6.45, 7) is 5.38. The summed E-state index contributed by atoms with van der Waals surface area (Å²) in [6, 6.07) is 9.34. The lowest BCUT2D eigenvalue weighted by Gasteiger charge is -2.10. The van der Waals surface area contributed by atoms with Crippen molar-refractivity contribution in [1.29, 1.82) is 0 Å². The van der Waals surface area contributed by atoms with Crippen LogP contribution in [0.1, 0.15) is 30.4 Å². The van der Waals surface area contributed by atoms with Gasteiger partial charge in [0.2, 0.25) is 0 Å². The highest BCUT2D eigenvalue weighted by Gasteiger charge is 2.14. The van der Waals surface area contributed by atoms with Gasteiger partial charge in [-0.3, -0.25) is 9.78 Å². The Kier molecular flexibility index (Phi) is 5.53. The van der Waals surface area contributed by atoms with Crippen LogP contribution < -0.4 is 5.32 Å². The molecule has 0 aliphatic heterocycles. The van der Waals surface area contributed by atoms with E-state index in [4.69, 9.17) is 4.74 Å². The maximum absolute atomic E-state index is 12.8. The molecule has 0 spiro atoms. The third kappa shape index (κ3) is 3.92. The first-order valence-corrected chi connectivity index (χ1v) is 9.69. The number of methoxy groups -OCH3 is 1. The number of carbonyl (C=O) groups is 1. The van der Waals surface area contributed by atoms with Crippen LogP contribution >= 0.6 is 0 Å². The summed E-state index contributed by atoms with van der Waals surface area (Å²) < 4.78 is 9.12. The third-order valence-corrected chi connectivity index (χ3v) is 4.77. The number of fused-ring (bicyclic) bond motifs is 1. The van der Waals surface area contributed by atoms with E-state index in [1.807, 2.05) is 47.4 Å². The number of rotatable bonds is 7. The SMILES string of the molecule is COCCn1ccc2cnc(C(=O)Nc3cccc(-c4nncn4C(C)C)n3)cc21. The Labute approximate surface area is 173 Å². The summed E-state index contributed by atoms with van der Waals surface area (Å²) >= 11 is 0. The molecule has 4 aromatic heterocycles. The highest BCUT2D eigenvalue weighted by molar-refractivity contribution is 6.04. The molecular weight excluding hydrogens is 382 g/mol. The van der Waals surface area contributed by atoms with Gasteiger partial charge in [0.15, 0.2) is 5.82 Å². The zero-order valence-electron chi connectivity index (χ0n) is 17.1. The van der Waals surface area contributed by atoms with Crippen molar-refractivity contribution in [2.75, 3.05) is 19.0 Å². The van der Waals surface area contributed by atoms with E-state index in [0.717, 1.165) is 10.9 Å². The van der Waals surface area contributed by atoms with E-state index in [1.54, 1.807) is 31.8 Å². The molecule has 4 aromatic rings. The largest absolute Gasteiger partial charge is 0.383 e. The molecule has 0 unspecified atom stereocenters. The van der Waals surface area contributed by atoms with E-state index in [9.17, 15) is 4.79 Å². The van der Waals surface area contributed by atoms with Crippen molar-refractivity contribution < 1.29 is 9.53 Å². The van der Waals surface area contributed by atoms with Crippen molar-refractivity contribution in [2.24, 2.45) is 0 Å². The fourth-order valence-electron chi connectivity index (χ4n) is 3.20. The second kappa shape index (κ2) is 8.42. The average Bonchev–Trinajstić information content (AvgIpc) is 3.39. The van der Waals surface area contributed by atoms with Gasteiger partial charge in [-0.15, -0.1) is 10.2 Å². The molecular formula is C21H23N7O2. The molecule has 154 valence electrons. The van der Waals surface area contributed by atoms with Crippen LogP contribution in [0.2, 0.25) is 0 Å². The number of nitrogens with one attached hydrogen (secondary N) is 1. The second-order valence-corrected chi connectivity index (χ2v) is 7.15. The second-order valence-electron chi connectivity index (χ2n) is 7.15. The van der Waals surface area contributed by atoms with Crippen LogP contribution in [0.4, 0.5) is 5.82 Å². The molecule has 9 nitrogen and oxygen atoms in total. The number of amides is 1. The van der Waals surface area contributed by atoms with Gasteiger partial charge in [-0.05, 0) is 38.1 Å². The van der Waals surface area contributed by atoms with Gasteiger partial charge in [0.1, 0.15) is 23.5 Å². The van der Waals surface area contributed by atoms with Gasteiger partial charge in [-0.2, -0.15) is 0 Å². The number of pyridine rings is 2. The molecule has 0 aromatic carbocycles. The number of carbonyl (C=O) groups excluding carboxylic acids is 1. The lowest BCUT2D eigenvalue weighted by atomic mass is 10.2. The summed E-state index contributed by atoms with van der Waals surface area (Å²) in [4.78, 5) is 21.6. The number of aromatic nitrogens is 6. The van der Waals surface area contributed by atoms with Crippen LogP contribution in [0, 0.1) is 0 Å². The number of ether oxygens (including phenoxy) is 1. The Morgan fingerprint density at radius 1 is 1.27 bits per heavy atom. The number of hydrogen-bond acceptors (Lipinski definition) is 6. The van der Waals surface area contributed by atoms with E-state index in [-0.39, 0.29) is 11.9 Å². The topological polar surface area (TPSA) is 99.8 Å². The number of anilines is 1. The van der Waals surface area contributed by atoms with Crippen molar-refractivity contribution >= 4 is 22.6 Å². The zero-order valence-corrected chi connectivity index (χ0v) is 17.1. The summed E-state index contributed by atoms with van der Waals surface area (Å²) in [6.07, 6.45) is 5.33. The van der Waals surface area contributed by atoms with Crippen LogP contribution in [0.3, 0.4) is 0 Å². The van der Waals surface area contributed by atoms with Crippen molar-refractivity contribution in [2.45, 2.75) is 26.4 Å². The van der Waals surface area contributed by atoms with E-state index in [1.165, 1.54) is 0 Å². The minimum Gasteiger partial charge on any atom is -0.383 e. The Morgan fingerprint density at radius 2 is 2.13 bits per heavy atom. The fraction of sp³-hybridized carbons (Fsp3) is 0.286. The molecule has 9 heteroatoms. The zero-order chi connectivity index (χ0) is 21.1. The average molecular weight is 405 g/mol. The molecule has 0 saturated carbocycles. The van der Waals surface area contributed by atoms with Crippen molar-refractivity contribution in [3.8, 4) is 11.5 Å². The number of nitrogens with zero attached hydrogens (tertiary/aromatic N) is 6. The molecule has 0 bridgehead atoms. The summed E-state index contributed by atoms with van der Waals surface area (Å²) in [5.74, 6) is 0.746. The normalized spacial score (nSPS) is 11.3. The monoisotopic (exact) mass is 405 g/mol. The molecule has 0 aliphatic carbocycles. The molecule has 1 N–H and O–H groups in total. The van der Waals surface area contributed by atoms with Crippen molar-refractivity contribution in [3.05, 3.63) is 54.7 Å². The Balaban J connectivity index is 1.57. The third-order valence-electron chi connectivity index (χ3n) is 4.77.